The molecule has 0 aromatic heterocycles. The molecule has 0 spiro atoms. The molecule has 0 aromatic carbocycles. The lowest BCUT2D eigenvalue weighted by molar-refractivity contribution is 0.262. The Labute approximate surface area is 86.8 Å². The van der Waals surface area contributed by atoms with Crippen molar-refractivity contribution in [3.63, 3.8) is 0 Å². The second kappa shape index (κ2) is 5.20. The summed E-state index contributed by atoms with van der Waals surface area (Å²) in [6.07, 6.45) is 2.30. The lowest BCUT2D eigenvalue weighted by atomic mass is 10.2. The summed E-state index contributed by atoms with van der Waals surface area (Å²) in [5, 5.41) is 0. The molecule has 0 saturated carbocycles. The molecule has 1 rings (SSSR count). The van der Waals surface area contributed by atoms with Gasteiger partial charge in [0.05, 0.1) is 0 Å². The highest BCUT2D eigenvalue weighted by Gasteiger charge is 2.22. The minimum Gasteiger partial charge on any atom is -0.370 e. The lowest BCUT2D eigenvalue weighted by Gasteiger charge is -2.30. The molecular formula is C10H22N4. The monoisotopic (exact) mass is 198 g/mol. The van der Waals surface area contributed by atoms with Gasteiger partial charge in [-0.1, -0.05) is 6.92 Å². The Morgan fingerprint density at radius 1 is 1.50 bits per heavy atom. The second-order valence-corrected chi connectivity index (χ2v) is 3.95. The number of nitrogens with two attached hydrogens (primary N) is 1. The highest BCUT2D eigenvalue weighted by Crippen LogP contribution is 2.11. The van der Waals surface area contributed by atoms with E-state index in [0.29, 0.717) is 12.0 Å². The quantitative estimate of drug-likeness (QED) is 0.488. The van der Waals surface area contributed by atoms with Crippen molar-refractivity contribution in [1.82, 2.24) is 9.80 Å². The summed E-state index contributed by atoms with van der Waals surface area (Å²) in [5.41, 5.74) is 5.89. The van der Waals surface area contributed by atoms with Crippen LogP contribution in [0, 0.1) is 0 Å². The van der Waals surface area contributed by atoms with Gasteiger partial charge in [-0.25, -0.2) is 0 Å². The van der Waals surface area contributed by atoms with Crippen molar-refractivity contribution in [2.75, 3.05) is 33.7 Å². The van der Waals surface area contributed by atoms with Crippen molar-refractivity contribution in [3.8, 4) is 0 Å². The van der Waals surface area contributed by atoms with Crippen LogP contribution in [-0.2, 0) is 0 Å². The van der Waals surface area contributed by atoms with E-state index in [-0.39, 0.29) is 0 Å². The molecule has 1 aliphatic heterocycles. The Morgan fingerprint density at radius 2 is 2.21 bits per heavy atom. The summed E-state index contributed by atoms with van der Waals surface area (Å²) < 4.78 is 0. The first-order valence-corrected chi connectivity index (χ1v) is 5.36. The third-order valence-electron chi connectivity index (χ3n) is 2.90. The fourth-order valence-corrected chi connectivity index (χ4v) is 2.02. The number of likely N-dealkylation sites (N-methyl/N-ethyl adjacent to an activating group) is 1. The van der Waals surface area contributed by atoms with Gasteiger partial charge in [0.1, 0.15) is 0 Å². The van der Waals surface area contributed by atoms with Crippen molar-refractivity contribution in [3.05, 3.63) is 0 Å². The number of aliphatic imine (C=N–C) groups is 1. The first-order valence-electron chi connectivity index (χ1n) is 5.36. The number of hydrogen-bond acceptors (Lipinski definition) is 2. The van der Waals surface area contributed by atoms with E-state index < -0.39 is 0 Å². The van der Waals surface area contributed by atoms with Crippen molar-refractivity contribution in [2.24, 2.45) is 10.7 Å². The van der Waals surface area contributed by atoms with Crippen LogP contribution in [0.15, 0.2) is 4.99 Å². The van der Waals surface area contributed by atoms with Crippen LogP contribution in [0.2, 0.25) is 0 Å². The van der Waals surface area contributed by atoms with E-state index in [9.17, 15) is 0 Å². The molecule has 82 valence electrons. The fraction of sp³-hybridized carbons (Fsp3) is 0.900. The molecule has 0 amide bonds. The summed E-state index contributed by atoms with van der Waals surface area (Å²) in [7, 11) is 3.93. The molecule has 1 aliphatic rings. The standard InChI is InChI=1S/C10H22N4/c1-4-9-8-13(3)6-5-7-14(9)10(11)12-2/h9H,4-8H2,1-3H3,(H2,11,12). The van der Waals surface area contributed by atoms with Gasteiger partial charge in [-0.3, -0.25) is 4.99 Å². The second-order valence-electron chi connectivity index (χ2n) is 3.95. The summed E-state index contributed by atoms with van der Waals surface area (Å²) in [4.78, 5) is 8.69. The van der Waals surface area contributed by atoms with E-state index in [1.165, 1.54) is 6.42 Å². The van der Waals surface area contributed by atoms with E-state index in [0.717, 1.165) is 26.1 Å². The SMILES string of the molecule is CCC1CN(C)CCCN1C(N)=NC. The molecule has 0 bridgehead atoms. The Balaban J connectivity index is 2.70. The van der Waals surface area contributed by atoms with E-state index in [1.54, 1.807) is 7.05 Å². The zero-order valence-corrected chi connectivity index (χ0v) is 9.53. The van der Waals surface area contributed by atoms with Crippen LogP contribution in [0.1, 0.15) is 19.8 Å². The van der Waals surface area contributed by atoms with Gasteiger partial charge < -0.3 is 15.5 Å². The van der Waals surface area contributed by atoms with Gasteiger partial charge in [0.25, 0.3) is 0 Å². The van der Waals surface area contributed by atoms with Gasteiger partial charge in [-0.15, -0.1) is 0 Å². The Hall–Kier alpha value is -0.770. The van der Waals surface area contributed by atoms with Crippen molar-refractivity contribution < 1.29 is 0 Å². The molecule has 0 aromatic rings. The lowest BCUT2D eigenvalue weighted by Crippen LogP contribution is -2.47. The number of guanidine groups is 1. The molecule has 1 atom stereocenters. The molecule has 4 nitrogen and oxygen atoms in total. The van der Waals surface area contributed by atoms with Crippen LogP contribution in [0.5, 0.6) is 0 Å². The van der Waals surface area contributed by atoms with E-state index in [2.05, 4.69) is 28.8 Å². The predicted molar refractivity (Wildman–Crippen MR) is 60.4 cm³/mol. The first-order chi connectivity index (χ1) is 6.69. The average molecular weight is 198 g/mol. The number of hydrogen-bond donors (Lipinski definition) is 1. The van der Waals surface area contributed by atoms with E-state index in [4.69, 9.17) is 5.73 Å². The maximum Gasteiger partial charge on any atom is 0.191 e. The molecule has 2 N–H and O–H groups in total. The van der Waals surface area contributed by atoms with Crippen LogP contribution in [0.4, 0.5) is 0 Å². The van der Waals surface area contributed by atoms with Gasteiger partial charge in [0.2, 0.25) is 0 Å². The van der Waals surface area contributed by atoms with Gasteiger partial charge in [-0.2, -0.15) is 0 Å². The molecule has 4 heteroatoms. The largest absolute Gasteiger partial charge is 0.370 e. The molecule has 0 radical (unpaired) electrons. The maximum atomic E-state index is 5.89. The van der Waals surface area contributed by atoms with Gasteiger partial charge in [0, 0.05) is 26.2 Å². The van der Waals surface area contributed by atoms with Crippen molar-refractivity contribution in [1.29, 1.82) is 0 Å². The predicted octanol–water partition coefficient (Wildman–Crippen LogP) is 0.347. The van der Waals surface area contributed by atoms with E-state index in [1.807, 2.05) is 0 Å². The van der Waals surface area contributed by atoms with Crippen LogP contribution in [0.3, 0.4) is 0 Å². The maximum absolute atomic E-state index is 5.89. The average Bonchev–Trinajstić information content (AvgIpc) is 2.38. The Kier molecular flexibility index (Phi) is 4.20. The third kappa shape index (κ3) is 2.61. The Morgan fingerprint density at radius 3 is 2.79 bits per heavy atom. The molecular weight excluding hydrogens is 176 g/mol. The van der Waals surface area contributed by atoms with Gasteiger partial charge in [0.15, 0.2) is 5.96 Å². The summed E-state index contributed by atoms with van der Waals surface area (Å²) in [5.74, 6) is 0.687. The van der Waals surface area contributed by atoms with E-state index >= 15 is 0 Å². The van der Waals surface area contributed by atoms with Crippen LogP contribution in [0.25, 0.3) is 0 Å². The highest BCUT2D eigenvalue weighted by atomic mass is 15.3. The minimum atomic E-state index is 0.520. The number of nitrogens with zero attached hydrogens (tertiary/aromatic N) is 3. The minimum absolute atomic E-state index is 0.520. The molecule has 14 heavy (non-hydrogen) atoms. The summed E-state index contributed by atoms with van der Waals surface area (Å²) in [6.45, 7) is 5.49. The number of rotatable bonds is 1. The molecule has 1 saturated heterocycles. The normalized spacial score (nSPS) is 26.4. The first kappa shape index (κ1) is 11.3. The summed E-state index contributed by atoms with van der Waals surface area (Å²) >= 11 is 0. The van der Waals surface area contributed by atoms with Gasteiger partial charge >= 0.3 is 0 Å². The zero-order chi connectivity index (χ0) is 10.6. The van der Waals surface area contributed by atoms with Gasteiger partial charge in [-0.05, 0) is 26.4 Å². The topological polar surface area (TPSA) is 44.9 Å². The molecule has 1 heterocycles. The molecule has 1 fully saturated rings. The van der Waals surface area contributed by atoms with Crippen molar-refractivity contribution >= 4 is 5.96 Å². The highest BCUT2D eigenvalue weighted by molar-refractivity contribution is 5.78. The fourth-order valence-electron chi connectivity index (χ4n) is 2.02. The smallest absolute Gasteiger partial charge is 0.191 e. The van der Waals surface area contributed by atoms with Crippen LogP contribution < -0.4 is 5.73 Å². The Bertz CT molecular complexity index is 202. The van der Waals surface area contributed by atoms with Crippen LogP contribution >= 0.6 is 0 Å². The van der Waals surface area contributed by atoms with Crippen molar-refractivity contribution in [2.45, 2.75) is 25.8 Å². The molecule has 0 aliphatic carbocycles. The third-order valence-corrected chi connectivity index (χ3v) is 2.90. The zero-order valence-electron chi connectivity index (χ0n) is 9.53. The molecule has 1 unspecified atom stereocenters. The summed E-state index contributed by atoms with van der Waals surface area (Å²) in [6, 6.07) is 0.520. The van der Waals surface area contributed by atoms with Crippen LogP contribution in [-0.4, -0.2) is 55.5 Å².